The van der Waals surface area contributed by atoms with Crippen molar-refractivity contribution < 1.29 is 0 Å². The normalized spacial score (nSPS) is 11.9. The molecule has 0 bridgehead atoms. The van der Waals surface area contributed by atoms with Crippen LogP contribution in [0.2, 0.25) is 0 Å². The van der Waals surface area contributed by atoms with Gasteiger partial charge in [0.25, 0.3) is 0 Å². The maximum absolute atomic E-state index is 2.40. The maximum Gasteiger partial charge on any atom is 0.0440 e. The van der Waals surface area contributed by atoms with Crippen molar-refractivity contribution in [1.82, 2.24) is 0 Å². The van der Waals surface area contributed by atoms with Crippen LogP contribution in [0, 0.1) is 0 Å². The van der Waals surface area contributed by atoms with Crippen molar-refractivity contribution in [3.05, 3.63) is 146 Å². The summed E-state index contributed by atoms with van der Waals surface area (Å²) in [6.45, 7) is 0. The first-order valence-electron chi connectivity index (χ1n) is 14.1. The lowest BCUT2D eigenvalue weighted by atomic mass is 9.93. The monoisotopic (exact) mass is 536 g/mol. The average Bonchev–Trinajstić information content (AvgIpc) is 3.44. The highest BCUT2D eigenvalue weighted by Crippen LogP contribution is 2.45. The molecule has 0 aliphatic rings. The number of hydrogen-bond acceptors (Lipinski definition) is 1. The number of benzene rings is 8. The molecule has 8 aromatic carbocycles. The van der Waals surface area contributed by atoms with Gasteiger partial charge in [0, 0.05) is 25.6 Å². The van der Waals surface area contributed by atoms with Gasteiger partial charge in [-0.15, -0.1) is 11.3 Å². The molecule has 0 radical (unpaired) electrons. The summed E-state index contributed by atoms with van der Waals surface area (Å²) in [6, 6.07) is 53.6. The Bertz CT molecular complexity index is 2460. The highest BCUT2D eigenvalue weighted by molar-refractivity contribution is 7.27. The number of rotatable bonds is 2. The Morgan fingerprint density at radius 3 is 1.78 bits per heavy atom. The SMILES string of the molecule is c1ccc2c(c1)ccc1c(-c3ccc(-c4ccc5sc6c7ccccc7c7ccccc7c6c5c4)cc3)cccc12. The maximum atomic E-state index is 2.40. The highest BCUT2D eigenvalue weighted by atomic mass is 32.1. The molecule has 0 nitrogen and oxygen atoms in total. The Kier molecular flexibility index (Phi) is 4.87. The summed E-state index contributed by atoms with van der Waals surface area (Å²) in [4.78, 5) is 0. The van der Waals surface area contributed by atoms with Gasteiger partial charge in [-0.2, -0.15) is 0 Å². The molecule has 0 saturated heterocycles. The van der Waals surface area contributed by atoms with Crippen molar-refractivity contribution in [2.75, 3.05) is 0 Å². The van der Waals surface area contributed by atoms with Crippen LogP contribution < -0.4 is 0 Å². The molecule has 190 valence electrons. The lowest BCUT2D eigenvalue weighted by molar-refractivity contribution is 1.63. The largest absolute Gasteiger partial charge is 0.135 e. The minimum absolute atomic E-state index is 1.24. The number of hydrogen-bond donors (Lipinski definition) is 0. The fourth-order valence-electron chi connectivity index (χ4n) is 6.72. The predicted octanol–water partition coefficient (Wildman–Crippen LogP) is 12.0. The Balaban J connectivity index is 1.20. The van der Waals surface area contributed by atoms with E-state index in [1.807, 2.05) is 11.3 Å². The standard InChI is InChI=1S/C40H24S/c1-2-9-29-26(8-1)20-22-34-30(14-7-15-31(29)34)27-18-16-25(17-19-27)28-21-23-38-37(24-28)39-35-12-5-3-10-32(35)33-11-4-6-13-36(33)40(39)41-38/h1-24H. The Morgan fingerprint density at radius 2 is 0.951 bits per heavy atom. The van der Waals surface area contributed by atoms with E-state index in [-0.39, 0.29) is 0 Å². The van der Waals surface area contributed by atoms with Gasteiger partial charge in [-0.05, 0) is 72.1 Å². The molecular weight excluding hydrogens is 513 g/mol. The lowest BCUT2D eigenvalue weighted by Crippen LogP contribution is -1.84. The summed E-state index contributed by atoms with van der Waals surface area (Å²) in [7, 11) is 0. The second-order valence-electron chi connectivity index (χ2n) is 10.9. The fourth-order valence-corrected chi connectivity index (χ4v) is 7.96. The molecule has 0 saturated carbocycles. The number of fused-ring (bicyclic) bond motifs is 11. The third kappa shape index (κ3) is 3.40. The third-order valence-corrected chi connectivity index (χ3v) is 9.87. The molecule has 0 aliphatic heterocycles. The zero-order valence-electron chi connectivity index (χ0n) is 22.3. The van der Waals surface area contributed by atoms with Crippen molar-refractivity contribution in [2.45, 2.75) is 0 Å². The van der Waals surface area contributed by atoms with E-state index in [0.29, 0.717) is 0 Å². The Hall–Kier alpha value is -4.98. The van der Waals surface area contributed by atoms with Gasteiger partial charge in [0.2, 0.25) is 0 Å². The van der Waals surface area contributed by atoms with Crippen LogP contribution in [-0.4, -0.2) is 0 Å². The molecule has 0 unspecified atom stereocenters. The summed E-state index contributed by atoms with van der Waals surface area (Å²) in [5.41, 5.74) is 5.02. The first-order chi connectivity index (χ1) is 20.3. The van der Waals surface area contributed by atoms with Crippen molar-refractivity contribution in [3.63, 3.8) is 0 Å². The molecule has 0 spiro atoms. The van der Waals surface area contributed by atoms with Gasteiger partial charge in [-0.3, -0.25) is 0 Å². The Morgan fingerprint density at radius 1 is 0.341 bits per heavy atom. The fraction of sp³-hybridized carbons (Fsp3) is 0. The highest BCUT2D eigenvalue weighted by Gasteiger charge is 2.15. The summed E-state index contributed by atoms with van der Waals surface area (Å²) in [6.07, 6.45) is 0. The van der Waals surface area contributed by atoms with E-state index in [1.54, 1.807) is 0 Å². The van der Waals surface area contributed by atoms with E-state index in [2.05, 4.69) is 146 Å². The Labute approximate surface area is 241 Å². The third-order valence-electron chi connectivity index (χ3n) is 8.66. The van der Waals surface area contributed by atoms with Crippen LogP contribution in [0.4, 0.5) is 0 Å². The van der Waals surface area contributed by atoms with Crippen LogP contribution in [-0.2, 0) is 0 Å². The van der Waals surface area contributed by atoms with E-state index in [4.69, 9.17) is 0 Å². The van der Waals surface area contributed by atoms with Gasteiger partial charge in [-0.1, -0.05) is 133 Å². The number of thiophene rings is 1. The first-order valence-corrected chi connectivity index (χ1v) is 14.9. The van der Waals surface area contributed by atoms with Crippen LogP contribution in [0.15, 0.2) is 146 Å². The molecule has 0 amide bonds. The lowest BCUT2D eigenvalue weighted by Gasteiger charge is -2.11. The molecule has 9 rings (SSSR count). The quantitative estimate of drug-likeness (QED) is 0.193. The van der Waals surface area contributed by atoms with E-state index in [1.165, 1.54) is 85.5 Å². The van der Waals surface area contributed by atoms with E-state index < -0.39 is 0 Å². The van der Waals surface area contributed by atoms with Gasteiger partial charge in [0.15, 0.2) is 0 Å². The molecular formula is C40H24S. The van der Waals surface area contributed by atoms with Crippen LogP contribution >= 0.6 is 11.3 Å². The van der Waals surface area contributed by atoms with E-state index in [9.17, 15) is 0 Å². The van der Waals surface area contributed by atoms with E-state index >= 15 is 0 Å². The van der Waals surface area contributed by atoms with Gasteiger partial charge >= 0.3 is 0 Å². The van der Waals surface area contributed by atoms with Gasteiger partial charge < -0.3 is 0 Å². The van der Waals surface area contributed by atoms with Crippen LogP contribution in [0.5, 0.6) is 0 Å². The van der Waals surface area contributed by atoms with Gasteiger partial charge in [-0.25, -0.2) is 0 Å². The molecule has 1 heteroatoms. The molecule has 0 atom stereocenters. The molecule has 0 fully saturated rings. The molecule has 41 heavy (non-hydrogen) atoms. The summed E-state index contributed by atoms with van der Waals surface area (Å²) < 4.78 is 2.72. The van der Waals surface area contributed by atoms with Crippen molar-refractivity contribution in [3.8, 4) is 22.3 Å². The summed E-state index contributed by atoms with van der Waals surface area (Å²) in [5, 5.41) is 13.2. The second kappa shape index (κ2) is 8.76. The van der Waals surface area contributed by atoms with Gasteiger partial charge in [0.1, 0.15) is 0 Å². The smallest absolute Gasteiger partial charge is 0.0440 e. The zero-order valence-corrected chi connectivity index (χ0v) is 23.1. The van der Waals surface area contributed by atoms with Crippen molar-refractivity contribution in [2.24, 2.45) is 0 Å². The minimum atomic E-state index is 1.24. The topological polar surface area (TPSA) is 0 Å². The van der Waals surface area contributed by atoms with Gasteiger partial charge in [0.05, 0.1) is 0 Å². The van der Waals surface area contributed by atoms with Crippen molar-refractivity contribution in [1.29, 1.82) is 0 Å². The minimum Gasteiger partial charge on any atom is -0.135 e. The molecule has 0 N–H and O–H groups in total. The average molecular weight is 537 g/mol. The first kappa shape index (κ1) is 22.8. The summed E-state index contributed by atoms with van der Waals surface area (Å²) in [5.74, 6) is 0. The van der Waals surface area contributed by atoms with E-state index in [0.717, 1.165) is 0 Å². The van der Waals surface area contributed by atoms with Crippen molar-refractivity contribution >= 4 is 74.6 Å². The second-order valence-corrected chi connectivity index (χ2v) is 11.9. The summed E-state index contributed by atoms with van der Waals surface area (Å²) >= 11 is 1.91. The van der Waals surface area contributed by atoms with Crippen LogP contribution in [0.3, 0.4) is 0 Å². The molecule has 9 aromatic rings. The molecule has 1 aromatic heterocycles. The predicted molar refractivity (Wildman–Crippen MR) is 180 cm³/mol. The molecule has 0 aliphatic carbocycles. The zero-order chi connectivity index (χ0) is 26.9. The molecule has 1 heterocycles. The van der Waals surface area contributed by atoms with Crippen LogP contribution in [0.1, 0.15) is 0 Å². The van der Waals surface area contributed by atoms with Crippen LogP contribution in [0.25, 0.3) is 85.5 Å².